The SMILES string of the molecule is C=C[C@@H]1C[C@]1(NC(=O)[C@@H]1CC(C(C)C)(C2CCC2)CN1C(=O)[C@@H](NC(=O)[C@@H](NC(=O)C1CC1)C1CCCCC1)C(C)(C)C)C(=O)NS(=O)(=O)c1ccccc1NC. The van der Waals surface area contributed by atoms with E-state index in [4.69, 9.17) is 0 Å². The summed E-state index contributed by atoms with van der Waals surface area (Å²) in [6.07, 6.45) is 11.3. The highest BCUT2D eigenvalue weighted by Gasteiger charge is 2.63. The van der Waals surface area contributed by atoms with Gasteiger partial charge in [-0.3, -0.25) is 24.0 Å². The van der Waals surface area contributed by atoms with Crippen LogP contribution in [-0.2, 0) is 34.0 Å². The smallest absolute Gasteiger partial charge is 0.266 e. The van der Waals surface area contributed by atoms with Crippen molar-refractivity contribution in [3.8, 4) is 0 Å². The second kappa shape index (κ2) is 16.4. The molecule has 6 rings (SSSR count). The van der Waals surface area contributed by atoms with Crippen molar-refractivity contribution in [1.82, 2.24) is 25.6 Å². The Morgan fingerprint density at radius 1 is 0.895 bits per heavy atom. The fourth-order valence-corrected chi connectivity index (χ4v) is 10.9. The highest BCUT2D eigenvalue weighted by Crippen LogP contribution is 2.55. The van der Waals surface area contributed by atoms with E-state index in [1.54, 1.807) is 30.1 Å². The number of hydrogen-bond donors (Lipinski definition) is 5. The zero-order valence-corrected chi connectivity index (χ0v) is 35.4. The second-order valence-electron chi connectivity index (χ2n) is 18.9. The number of nitrogens with zero attached hydrogens (tertiary/aromatic N) is 1. The summed E-state index contributed by atoms with van der Waals surface area (Å²) in [5, 5.41) is 11.9. The van der Waals surface area contributed by atoms with Gasteiger partial charge in [0.05, 0.1) is 5.69 Å². The molecule has 4 aliphatic carbocycles. The summed E-state index contributed by atoms with van der Waals surface area (Å²) < 4.78 is 29.3. The Hall–Kier alpha value is -3.94. The van der Waals surface area contributed by atoms with E-state index >= 15 is 4.79 Å². The van der Waals surface area contributed by atoms with Crippen molar-refractivity contribution >= 4 is 45.2 Å². The van der Waals surface area contributed by atoms with Gasteiger partial charge in [0.25, 0.3) is 15.9 Å². The Bertz CT molecular complexity index is 1850. The number of sulfonamides is 1. The van der Waals surface area contributed by atoms with E-state index in [0.717, 1.165) is 64.2 Å². The summed E-state index contributed by atoms with van der Waals surface area (Å²) in [4.78, 5) is 72.7. The number of hydrogen-bond acceptors (Lipinski definition) is 8. The summed E-state index contributed by atoms with van der Waals surface area (Å²) in [6.45, 7) is 14.0. The third kappa shape index (κ3) is 8.61. The molecule has 13 nitrogen and oxygen atoms in total. The van der Waals surface area contributed by atoms with Crippen LogP contribution in [0.15, 0.2) is 41.8 Å². The third-order valence-corrected chi connectivity index (χ3v) is 15.2. The quantitative estimate of drug-likeness (QED) is 0.159. The van der Waals surface area contributed by atoms with Gasteiger partial charge in [-0.05, 0) is 92.1 Å². The van der Waals surface area contributed by atoms with Crippen LogP contribution >= 0.6 is 0 Å². The molecule has 5 amide bonds. The van der Waals surface area contributed by atoms with Gasteiger partial charge in [0.2, 0.25) is 23.6 Å². The lowest BCUT2D eigenvalue weighted by Crippen LogP contribution is -2.62. The predicted octanol–water partition coefficient (Wildman–Crippen LogP) is 4.64. The minimum atomic E-state index is -4.34. The number of carbonyl (C=O) groups excluding carboxylic acids is 5. The van der Waals surface area contributed by atoms with Gasteiger partial charge in [-0.1, -0.05) is 78.5 Å². The molecule has 1 unspecified atom stereocenters. The number of nitrogens with one attached hydrogen (secondary N) is 5. The van der Waals surface area contributed by atoms with Crippen LogP contribution < -0.4 is 26.0 Å². The highest BCUT2D eigenvalue weighted by molar-refractivity contribution is 7.90. The summed E-state index contributed by atoms with van der Waals surface area (Å²) in [5.74, 6) is -2.57. The van der Waals surface area contributed by atoms with Gasteiger partial charge in [-0.2, -0.15) is 0 Å². The minimum Gasteiger partial charge on any atom is -0.387 e. The summed E-state index contributed by atoms with van der Waals surface area (Å²) >= 11 is 0. The Morgan fingerprint density at radius 2 is 1.56 bits per heavy atom. The molecule has 5 aliphatic rings. The summed E-state index contributed by atoms with van der Waals surface area (Å²) in [6, 6.07) is 3.44. The van der Waals surface area contributed by atoms with E-state index in [2.05, 4.69) is 46.4 Å². The lowest BCUT2D eigenvalue weighted by molar-refractivity contribution is -0.145. The molecular formula is C43H64N6O7S. The molecule has 1 saturated heterocycles. The fourth-order valence-electron chi connectivity index (χ4n) is 9.64. The van der Waals surface area contributed by atoms with Gasteiger partial charge < -0.3 is 26.2 Å². The number of rotatable bonds is 15. The number of benzene rings is 1. The van der Waals surface area contributed by atoms with Crippen LogP contribution in [0.4, 0.5) is 5.69 Å². The standard InChI is InChI=1S/C43H64N6O7S/c1-8-29-23-43(29,40(54)48-57(55,56)33-20-13-12-19-31(33)44-7)47-37(51)32-24-42(26(2)3,30-17-14-18-30)25-49(32)39(53)35(41(4,5)6)46-38(52)34(27-15-10-9-11-16-27)45-36(50)28-21-22-28/h8,12-13,19-20,26-30,32,34-35,44H,1,9-11,14-18,21-25H2,2-7H3,(H,45,50)(H,46,52)(H,47,51)(H,48,54)/t29-,32+,34+,35-,42?,43-/m1/s1. The van der Waals surface area contributed by atoms with Crippen molar-refractivity contribution in [3.63, 3.8) is 0 Å². The molecule has 6 atom stereocenters. The van der Waals surface area contributed by atoms with Crippen molar-refractivity contribution < 1.29 is 32.4 Å². The molecule has 14 heteroatoms. The van der Waals surface area contributed by atoms with Crippen LogP contribution in [-0.4, -0.2) is 80.1 Å². The molecule has 1 aromatic rings. The first-order chi connectivity index (χ1) is 26.9. The first-order valence-corrected chi connectivity index (χ1v) is 22.6. The van der Waals surface area contributed by atoms with Crippen molar-refractivity contribution in [2.45, 2.75) is 140 Å². The average molecular weight is 809 g/mol. The number of anilines is 1. The fraction of sp³-hybridized carbons (Fsp3) is 0.698. The molecule has 314 valence electrons. The van der Waals surface area contributed by atoms with Gasteiger partial charge in [-0.25, -0.2) is 13.1 Å². The second-order valence-corrected chi connectivity index (χ2v) is 20.5. The zero-order chi connectivity index (χ0) is 41.5. The van der Waals surface area contributed by atoms with E-state index < -0.39 is 62.7 Å². The summed E-state index contributed by atoms with van der Waals surface area (Å²) in [7, 11) is -2.75. The number of carbonyl (C=O) groups is 5. The maximum absolute atomic E-state index is 15.1. The molecular weight excluding hydrogens is 745 g/mol. The Labute approximate surface area is 338 Å². The molecule has 1 aliphatic heterocycles. The van der Waals surface area contributed by atoms with Crippen LogP contribution in [0.25, 0.3) is 0 Å². The zero-order valence-electron chi connectivity index (χ0n) is 34.6. The molecule has 4 saturated carbocycles. The molecule has 1 heterocycles. The lowest BCUT2D eigenvalue weighted by atomic mass is 9.59. The minimum absolute atomic E-state index is 0.0381. The normalized spacial score (nSPS) is 27.7. The van der Waals surface area contributed by atoms with Crippen LogP contribution in [0.5, 0.6) is 0 Å². The van der Waals surface area contributed by atoms with Gasteiger partial charge in [0, 0.05) is 25.4 Å². The van der Waals surface area contributed by atoms with Crippen LogP contribution in [0.2, 0.25) is 0 Å². The van der Waals surface area contributed by atoms with E-state index in [-0.39, 0.29) is 52.2 Å². The van der Waals surface area contributed by atoms with E-state index in [0.29, 0.717) is 18.7 Å². The topological polar surface area (TPSA) is 183 Å². The van der Waals surface area contributed by atoms with E-state index in [1.807, 2.05) is 20.8 Å². The predicted molar refractivity (Wildman–Crippen MR) is 218 cm³/mol. The summed E-state index contributed by atoms with van der Waals surface area (Å²) in [5.41, 5.74) is -2.43. The highest BCUT2D eigenvalue weighted by atomic mass is 32.2. The molecule has 0 aromatic heterocycles. The average Bonchev–Trinajstić information content (AvgIpc) is 4.08. The molecule has 0 spiro atoms. The maximum Gasteiger partial charge on any atom is 0.266 e. The molecule has 57 heavy (non-hydrogen) atoms. The van der Waals surface area contributed by atoms with Crippen molar-refractivity contribution in [1.29, 1.82) is 0 Å². The third-order valence-electron chi connectivity index (χ3n) is 13.8. The largest absolute Gasteiger partial charge is 0.387 e. The van der Waals surface area contributed by atoms with Crippen LogP contribution in [0.1, 0.15) is 112 Å². The van der Waals surface area contributed by atoms with Crippen molar-refractivity contribution in [2.24, 2.45) is 40.4 Å². The van der Waals surface area contributed by atoms with Gasteiger partial charge in [0.15, 0.2) is 0 Å². The molecule has 1 aromatic carbocycles. The first kappa shape index (κ1) is 42.7. The van der Waals surface area contributed by atoms with E-state index in [1.165, 1.54) is 12.1 Å². The van der Waals surface area contributed by atoms with Gasteiger partial charge >= 0.3 is 0 Å². The first-order valence-electron chi connectivity index (χ1n) is 21.1. The molecule has 0 radical (unpaired) electrons. The van der Waals surface area contributed by atoms with Crippen molar-refractivity contribution in [3.05, 3.63) is 36.9 Å². The lowest BCUT2D eigenvalue weighted by Gasteiger charge is -2.46. The molecule has 0 bridgehead atoms. The van der Waals surface area contributed by atoms with Crippen LogP contribution in [0, 0.1) is 40.4 Å². The monoisotopic (exact) mass is 808 g/mol. The van der Waals surface area contributed by atoms with E-state index in [9.17, 15) is 27.6 Å². The van der Waals surface area contributed by atoms with Gasteiger partial charge in [-0.15, -0.1) is 6.58 Å². The number of amides is 5. The Balaban J connectivity index is 1.29. The van der Waals surface area contributed by atoms with Gasteiger partial charge in [0.1, 0.15) is 28.6 Å². The molecule has 5 fully saturated rings. The van der Waals surface area contributed by atoms with Crippen molar-refractivity contribution in [2.75, 3.05) is 18.9 Å². The number of para-hydroxylation sites is 1. The Kier molecular flexibility index (Phi) is 12.3. The molecule has 5 N–H and O–H groups in total. The Morgan fingerprint density at radius 3 is 2.11 bits per heavy atom. The maximum atomic E-state index is 15.1. The number of likely N-dealkylation sites (tertiary alicyclic amines) is 1. The van der Waals surface area contributed by atoms with Crippen LogP contribution in [0.3, 0.4) is 0 Å².